The molecule has 0 aliphatic heterocycles. The number of nitrogens with zero attached hydrogens (tertiary/aromatic N) is 1. The summed E-state index contributed by atoms with van der Waals surface area (Å²) in [6.07, 6.45) is 1.36. The molecule has 1 aromatic heterocycles. The van der Waals surface area contributed by atoms with Crippen molar-refractivity contribution in [1.82, 2.24) is 5.43 Å². The average molecular weight is 363 g/mol. The fourth-order valence-corrected chi connectivity index (χ4v) is 2.42. The van der Waals surface area contributed by atoms with Crippen LogP contribution in [0, 0.1) is 6.92 Å². The van der Waals surface area contributed by atoms with Gasteiger partial charge in [-0.2, -0.15) is 5.10 Å². The molecule has 27 heavy (non-hydrogen) atoms. The number of urea groups is 1. The molecule has 7 nitrogen and oxygen atoms in total. The lowest BCUT2D eigenvalue weighted by Gasteiger charge is -2.03. The molecule has 0 fully saturated rings. The van der Waals surface area contributed by atoms with E-state index in [-0.39, 0.29) is 5.56 Å². The molecule has 0 atom stereocenters. The molecule has 7 heteroatoms. The van der Waals surface area contributed by atoms with E-state index in [4.69, 9.17) is 4.42 Å². The number of nitrogens with one attached hydrogen (secondary N) is 2. The van der Waals surface area contributed by atoms with Crippen molar-refractivity contribution in [3.8, 4) is 11.3 Å². The lowest BCUT2D eigenvalue weighted by Crippen LogP contribution is -2.24. The summed E-state index contributed by atoms with van der Waals surface area (Å²) in [5, 5.41) is 15.7. The molecule has 0 spiro atoms. The molecule has 2 amide bonds. The molecule has 0 saturated heterocycles. The summed E-state index contributed by atoms with van der Waals surface area (Å²) in [6.45, 7) is 1.74. The van der Waals surface area contributed by atoms with Crippen LogP contribution in [0.25, 0.3) is 11.3 Å². The van der Waals surface area contributed by atoms with Crippen LogP contribution in [0.4, 0.5) is 10.5 Å². The van der Waals surface area contributed by atoms with E-state index in [0.717, 1.165) is 0 Å². The van der Waals surface area contributed by atoms with Crippen LogP contribution in [-0.4, -0.2) is 23.3 Å². The van der Waals surface area contributed by atoms with Crippen molar-refractivity contribution in [2.24, 2.45) is 5.10 Å². The summed E-state index contributed by atoms with van der Waals surface area (Å²) in [4.78, 5) is 23.0. The first-order chi connectivity index (χ1) is 13.0. The van der Waals surface area contributed by atoms with Gasteiger partial charge in [0, 0.05) is 11.3 Å². The van der Waals surface area contributed by atoms with Crippen LogP contribution in [-0.2, 0) is 0 Å². The summed E-state index contributed by atoms with van der Waals surface area (Å²) >= 11 is 0. The van der Waals surface area contributed by atoms with Crippen molar-refractivity contribution in [2.45, 2.75) is 6.92 Å². The number of anilines is 1. The van der Waals surface area contributed by atoms with E-state index in [0.29, 0.717) is 28.3 Å². The Labute approximate surface area is 155 Å². The SMILES string of the molecule is Cc1ccc(-c2ccc(/C=N/NC(=O)Nc3ccccc3)o2)cc1C(=O)O. The predicted molar refractivity (Wildman–Crippen MR) is 102 cm³/mol. The maximum absolute atomic E-state index is 11.7. The van der Waals surface area contributed by atoms with Crippen LogP contribution in [0.15, 0.2) is 70.2 Å². The van der Waals surface area contributed by atoms with Gasteiger partial charge in [0.1, 0.15) is 11.5 Å². The number of hydrogen-bond acceptors (Lipinski definition) is 4. The van der Waals surface area contributed by atoms with Gasteiger partial charge in [-0.05, 0) is 42.8 Å². The summed E-state index contributed by atoms with van der Waals surface area (Å²) < 4.78 is 5.63. The first-order valence-corrected chi connectivity index (χ1v) is 8.12. The number of rotatable bonds is 5. The monoisotopic (exact) mass is 363 g/mol. The number of amides is 2. The minimum Gasteiger partial charge on any atom is -0.478 e. The predicted octanol–water partition coefficient (Wildman–Crippen LogP) is 4.11. The average Bonchev–Trinajstić information content (AvgIpc) is 3.11. The number of aromatic carboxylic acids is 1. The normalized spacial score (nSPS) is 10.7. The van der Waals surface area contributed by atoms with Crippen molar-refractivity contribution in [3.05, 3.63) is 77.6 Å². The maximum Gasteiger partial charge on any atom is 0.339 e. The molecule has 0 bridgehead atoms. The highest BCUT2D eigenvalue weighted by Crippen LogP contribution is 2.24. The van der Waals surface area contributed by atoms with Crippen LogP contribution in [0.1, 0.15) is 21.7 Å². The third-order valence-corrected chi connectivity index (χ3v) is 3.77. The Morgan fingerprint density at radius 3 is 2.59 bits per heavy atom. The number of furan rings is 1. The molecule has 2 aromatic carbocycles. The lowest BCUT2D eigenvalue weighted by atomic mass is 10.0. The van der Waals surface area contributed by atoms with Crippen molar-refractivity contribution < 1.29 is 19.1 Å². The van der Waals surface area contributed by atoms with Crippen LogP contribution in [0.2, 0.25) is 0 Å². The van der Waals surface area contributed by atoms with Crippen LogP contribution in [0.5, 0.6) is 0 Å². The molecule has 136 valence electrons. The largest absolute Gasteiger partial charge is 0.478 e. The standard InChI is InChI=1S/C20H17N3O4/c1-13-7-8-14(11-17(13)19(24)25)18-10-9-16(27-18)12-21-23-20(26)22-15-5-3-2-4-6-15/h2-12H,1H3,(H,24,25)(H2,22,23,26)/b21-12+. The highest BCUT2D eigenvalue weighted by molar-refractivity contribution is 5.91. The van der Waals surface area contributed by atoms with E-state index in [9.17, 15) is 14.7 Å². The quantitative estimate of drug-likeness (QED) is 0.469. The molecule has 0 saturated carbocycles. The number of carboxylic acids is 1. The lowest BCUT2D eigenvalue weighted by molar-refractivity contribution is 0.0696. The van der Waals surface area contributed by atoms with Crippen LogP contribution >= 0.6 is 0 Å². The Bertz CT molecular complexity index is 993. The van der Waals surface area contributed by atoms with Gasteiger partial charge in [-0.3, -0.25) is 0 Å². The van der Waals surface area contributed by atoms with Gasteiger partial charge >= 0.3 is 12.0 Å². The zero-order valence-electron chi connectivity index (χ0n) is 14.5. The second-order valence-corrected chi connectivity index (χ2v) is 5.73. The maximum atomic E-state index is 11.7. The number of carboxylic acid groups (broad SMARTS) is 1. The first-order valence-electron chi connectivity index (χ1n) is 8.12. The van der Waals surface area contributed by atoms with E-state index >= 15 is 0 Å². The van der Waals surface area contributed by atoms with E-state index < -0.39 is 12.0 Å². The van der Waals surface area contributed by atoms with Gasteiger partial charge in [-0.1, -0.05) is 30.3 Å². The van der Waals surface area contributed by atoms with Crippen molar-refractivity contribution in [2.75, 3.05) is 5.32 Å². The minimum absolute atomic E-state index is 0.221. The third-order valence-electron chi connectivity index (χ3n) is 3.77. The molecular formula is C20H17N3O4. The number of para-hydroxylation sites is 1. The Kier molecular flexibility index (Phi) is 5.32. The van der Waals surface area contributed by atoms with Gasteiger partial charge in [-0.15, -0.1) is 0 Å². The number of hydrogen-bond donors (Lipinski definition) is 3. The van der Waals surface area contributed by atoms with Crippen molar-refractivity contribution >= 4 is 23.9 Å². The molecule has 0 radical (unpaired) electrons. The molecule has 0 unspecified atom stereocenters. The van der Waals surface area contributed by atoms with Gasteiger partial charge in [0.05, 0.1) is 11.8 Å². The highest BCUT2D eigenvalue weighted by Gasteiger charge is 2.11. The van der Waals surface area contributed by atoms with Gasteiger partial charge in [0.15, 0.2) is 0 Å². The number of carbonyl (C=O) groups is 2. The zero-order valence-corrected chi connectivity index (χ0v) is 14.5. The first kappa shape index (κ1) is 17.9. The third kappa shape index (κ3) is 4.60. The fourth-order valence-electron chi connectivity index (χ4n) is 2.42. The smallest absolute Gasteiger partial charge is 0.339 e. The topological polar surface area (TPSA) is 104 Å². The highest BCUT2D eigenvalue weighted by atomic mass is 16.4. The molecule has 3 aromatic rings. The summed E-state index contributed by atoms with van der Waals surface area (Å²) in [7, 11) is 0. The van der Waals surface area contributed by atoms with Gasteiger partial charge in [0.2, 0.25) is 0 Å². The Morgan fingerprint density at radius 2 is 1.85 bits per heavy atom. The Hall–Kier alpha value is -3.87. The summed E-state index contributed by atoms with van der Waals surface area (Å²) in [6, 6.07) is 17.0. The summed E-state index contributed by atoms with van der Waals surface area (Å²) in [5.41, 5.74) is 4.53. The van der Waals surface area contributed by atoms with Gasteiger partial charge in [-0.25, -0.2) is 15.0 Å². The second kappa shape index (κ2) is 8.01. The van der Waals surface area contributed by atoms with E-state index in [1.54, 1.807) is 49.4 Å². The van der Waals surface area contributed by atoms with E-state index in [1.165, 1.54) is 6.21 Å². The molecule has 3 rings (SSSR count). The molecule has 1 heterocycles. The van der Waals surface area contributed by atoms with E-state index in [1.807, 2.05) is 18.2 Å². The van der Waals surface area contributed by atoms with Crippen LogP contribution < -0.4 is 10.7 Å². The molecule has 0 aliphatic rings. The fraction of sp³-hybridized carbons (Fsp3) is 0.0500. The molecular weight excluding hydrogens is 346 g/mol. The number of benzene rings is 2. The minimum atomic E-state index is -0.990. The molecule has 3 N–H and O–H groups in total. The Balaban J connectivity index is 1.64. The van der Waals surface area contributed by atoms with Gasteiger partial charge in [0.25, 0.3) is 0 Å². The van der Waals surface area contributed by atoms with E-state index in [2.05, 4.69) is 15.8 Å². The summed E-state index contributed by atoms with van der Waals surface area (Å²) in [5.74, 6) is -0.0635. The van der Waals surface area contributed by atoms with Crippen molar-refractivity contribution in [3.63, 3.8) is 0 Å². The number of aryl methyl sites for hydroxylation is 1. The van der Waals surface area contributed by atoms with Crippen LogP contribution in [0.3, 0.4) is 0 Å². The van der Waals surface area contributed by atoms with Gasteiger partial charge < -0.3 is 14.8 Å². The zero-order chi connectivity index (χ0) is 19.2. The molecule has 0 aliphatic carbocycles. The Morgan fingerprint density at radius 1 is 1.07 bits per heavy atom. The number of hydrazone groups is 1. The number of carbonyl (C=O) groups excluding carboxylic acids is 1. The van der Waals surface area contributed by atoms with Crippen molar-refractivity contribution in [1.29, 1.82) is 0 Å². The second-order valence-electron chi connectivity index (χ2n) is 5.73.